The summed E-state index contributed by atoms with van der Waals surface area (Å²) >= 11 is 27.1. The van der Waals surface area contributed by atoms with Crippen LogP contribution in [0.4, 0.5) is 5.13 Å². The molecule has 1 N–H and O–H groups in total. The molecule has 2 heterocycles. The van der Waals surface area contributed by atoms with Gasteiger partial charge in [0.25, 0.3) is 5.91 Å². The van der Waals surface area contributed by atoms with Gasteiger partial charge >= 0.3 is 0 Å². The summed E-state index contributed by atoms with van der Waals surface area (Å²) in [5, 5.41) is 7.89. The SMILES string of the molecule is O=C(Nc1nc(-c2ccc(Cl)cc2Cl)cs1)c1sc2cc(Cl)ccc2c1Cl. The molecule has 0 aliphatic heterocycles. The Morgan fingerprint density at radius 3 is 2.52 bits per heavy atom. The molecule has 0 aliphatic carbocycles. The number of amides is 1. The number of rotatable bonds is 3. The number of aromatic nitrogens is 1. The van der Waals surface area contributed by atoms with E-state index in [-0.39, 0.29) is 5.91 Å². The summed E-state index contributed by atoms with van der Waals surface area (Å²) in [4.78, 5) is 17.5. The van der Waals surface area contributed by atoms with Crippen molar-refractivity contribution in [1.29, 1.82) is 0 Å². The first kappa shape index (κ1) is 19.0. The van der Waals surface area contributed by atoms with Gasteiger partial charge in [0.15, 0.2) is 5.13 Å². The Hall–Kier alpha value is -1.34. The van der Waals surface area contributed by atoms with Gasteiger partial charge in [0.2, 0.25) is 0 Å². The highest BCUT2D eigenvalue weighted by Gasteiger charge is 2.19. The number of nitrogens with one attached hydrogen (secondary N) is 1. The molecule has 2 aromatic heterocycles. The van der Waals surface area contributed by atoms with E-state index < -0.39 is 0 Å². The molecule has 3 nitrogen and oxygen atoms in total. The van der Waals surface area contributed by atoms with Crippen LogP contribution in [0.5, 0.6) is 0 Å². The van der Waals surface area contributed by atoms with E-state index >= 15 is 0 Å². The Bertz CT molecular complexity index is 1190. The first-order chi connectivity index (χ1) is 12.9. The number of carbonyl (C=O) groups excluding carboxylic acids is 1. The second-order valence-electron chi connectivity index (χ2n) is 5.50. The summed E-state index contributed by atoms with van der Waals surface area (Å²) in [5.41, 5.74) is 1.40. The second kappa shape index (κ2) is 7.59. The number of halogens is 4. The summed E-state index contributed by atoms with van der Waals surface area (Å²) in [6, 6.07) is 10.5. The molecule has 0 spiro atoms. The minimum atomic E-state index is -0.319. The summed E-state index contributed by atoms with van der Waals surface area (Å²) in [5.74, 6) is -0.319. The molecular weight excluding hydrogens is 466 g/mol. The highest BCUT2D eigenvalue weighted by Crippen LogP contribution is 2.38. The molecule has 2 aromatic carbocycles. The highest BCUT2D eigenvalue weighted by atomic mass is 35.5. The van der Waals surface area contributed by atoms with Gasteiger partial charge in [-0.1, -0.05) is 52.5 Å². The number of benzene rings is 2. The Balaban J connectivity index is 1.61. The number of thiophene rings is 1. The lowest BCUT2D eigenvalue weighted by molar-refractivity contribution is 0.103. The quantitative estimate of drug-likeness (QED) is 0.328. The molecule has 136 valence electrons. The lowest BCUT2D eigenvalue weighted by atomic mass is 10.2. The van der Waals surface area contributed by atoms with Crippen LogP contribution in [0.25, 0.3) is 21.3 Å². The molecule has 4 rings (SSSR count). The average Bonchev–Trinajstić information content (AvgIpc) is 3.19. The van der Waals surface area contributed by atoms with Crippen LogP contribution >= 0.6 is 69.1 Å². The van der Waals surface area contributed by atoms with Crippen molar-refractivity contribution < 1.29 is 4.79 Å². The molecule has 1 amide bonds. The van der Waals surface area contributed by atoms with Crippen LogP contribution < -0.4 is 5.32 Å². The van der Waals surface area contributed by atoms with E-state index in [0.29, 0.717) is 35.8 Å². The molecule has 0 radical (unpaired) electrons. The van der Waals surface area contributed by atoms with Gasteiger partial charge in [-0.2, -0.15) is 0 Å². The summed E-state index contributed by atoms with van der Waals surface area (Å²) in [7, 11) is 0. The molecule has 0 fully saturated rings. The maximum Gasteiger partial charge on any atom is 0.269 e. The minimum absolute atomic E-state index is 0.319. The van der Waals surface area contributed by atoms with Gasteiger partial charge in [0, 0.05) is 31.1 Å². The standard InChI is InChI=1S/C18H8Cl4N2OS2/c19-8-1-3-10(12(21)5-8)13-7-26-18(23-13)24-17(25)16-15(22)11-4-2-9(20)6-14(11)27-16/h1-7H,(H,23,24,25). The number of hydrogen-bond acceptors (Lipinski definition) is 4. The van der Waals surface area contributed by atoms with E-state index in [9.17, 15) is 4.79 Å². The number of hydrogen-bond donors (Lipinski definition) is 1. The van der Waals surface area contributed by atoms with E-state index in [1.165, 1.54) is 22.7 Å². The van der Waals surface area contributed by atoms with Crippen LogP contribution in [0.3, 0.4) is 0 Å². The zero-order valence-electron chi connectivity index (χ0n) is 13.2. The zero-order chi connectivity index (χ0) is 19.1. The van der Waals surface area contributed by atoms with Crippen molar-refractivity contribution in [2.75, 3.05) is 5.32 Å². The molecule has 9 heteroatoms. The van der Waals surface area contributed by atoms with E-state index in [4.69, 9.17) is 46.4 Å². The van der Waals surface area contributed by atoms with Crippen LogP contribution in [0, 0.1) is 0 Å². The summed E-state index contributed by atoms with van der Waals surface area (Å²) in [6.07, 6.45) is 0. The third-order valence-corrected chi connectivity index (χ3v) is 6.93. The Kier molecular flexibility index (Phi) is 5.34. The number of carbonyl (C=O) groups is 1. The molecule has 0 saturated carbocycles. The number of thiazole rings is 1. The van der Waals surface area contributed by atoms with E-state index in [1.54, 1.807) is 36.4 Å². The fourth-order valence-corrected chi connectivity index (χ4v) is 5.39. The van der Waals surface area contributed by atoms with Crippen LogP contribution in [0.2, 0.25) is 20.1 Å². The molecule has 0 bridgehead atoms. The van der Waals surface area contributed by atoms with Gasteiger partial charge in [-0.25, -0.2) is 4.98 Å². The largest absolute Gasteiger partial charge is 0.297 e. The first-order valence-electron chi connectivity index (χ1n) is 7.52. The third kappa shape index (κ3) is 3.81. The normalized spacial score (nSPS) is 11.1. The number of nitrogens with zero attached hydrogens (tertiary/aromatic N) is 1. The summed E-state index contributed by atoms with van der Waals surface area (Å²) < 4.78 is 0.852. The van der Waals surface area contributed by atoms with Gasteiger partial charge in [-0.3, -0.25) is 10.1 Å². The molecule has 0 unspecified atom stereocenters. The Morgan fingerprint density at radius 1 is 1.00 bits per heavy atom. The van der Waals surface area contributed by atoms with Crippen LogP contribution in [-0.2, 0) is 0 Å². The van der Waals surface area contributed by atoms with Gasteiger partial charge in [0.05, 0.1) is 15.7 Å². The van der Waals surface area contributed by atoms with Crippen molar-refractivity contribution in [3.05, 3.63) is 66.7 Å². The predicted molar refractivity (Wildman–Crippen MR) is 117 cm³/mol. The van der Waals surface area contributed by atoms with Crippen molar-refractivity contribution in [3.8, 4) is 11.3 Å². The highest BCUT2D eigenvalue weighted by molar-refractivity contribution is 7.22. The van der Waals surface area contributed by atoms with E-state index in [1.807, 2.05) is 5.38 Å². The van der Waals surface area contributed by atoms with Crippen LogP contribution in [-0.4, -0.2) is 10.9 Å². The van der Waals surface area contributed by atoms with Crippen molar-refractivity contribution in [2.24, 2.45) is 0 Å². The fourth-order valence-electron chi connectivity index (χ4n) is 2.49. The van der Waals surface area contributed by atoms with E-state index in [0.717, 1.165) is 15.6 Å². The van der Waals surface area contributed by atoms with Gasteiger partial charge in [0.1, 0.15) is 4.88 Å². The average molecular weight is 474 g/mol. The summed E-state index contributed by atoms with van der Waals surface area (Å²) in [6.45, 7) is 0. The zero-order valence-corrected chi connectivity index (χ0v) is 17.9. The molecule has 4 aromatic rings. The lowest BCUT2D eigenvalue weighted by Gasteiger charge is -2.01. The topological polar surface area (TPSA) is 42.0 Å². The first-order valence-corrected chi connectivity index (χ1v) is 10.7. The van der Waals surface area contributed by atoms with Crippen LogP contribution in [0.15, 0.2) is 41.8 Å². The van der Waals surface area contributed by atoms with Gasteiger partial charge < -0.3 is 0 Å². The monoisotopic (exact) mass is 472 g/mol. The molecule has 0 saturated heterocycles. The van der Waals surface area contributed by atoms with Gasteiger partial charge in [-0.05, 0) is 30.3 Å². The number of fused-ring (bicyclic) bond motifs is 1. The maximum absolute atomic E-state index is 12.7. The molecular formula is C18H8Cl4N2OS2. The van der Waals surface area contributed by atoms with Crippen molar-refractivity contribution in [2.45, 2.75) is 0 Å². The minimum Gasteiger partial charge on any atom is -0.297 e. The van der Waals surface area contributed by atoms with Crippen molar-refractivity contribution in [3.63, 3.8) is 0 Å². The van der Waals surface area contributed by atoms with Crippen molar-refractivity contribution >= 4 is 90.2 Å². The molecule has 27 heavy (non-hydrogen) atoms. The smallest absolute Gasteiger partial charge is 0.269 e. The molecule has 0 atom stereocenters. The lowest BCUT2D eigenvalue weighted by Crippen LogP contribution is -2.10. The van der Waals surface area contributed by atoms with Crippen molar-refractivity contribution in [1.82, 2.24) is 4.98 Å². The van der Waals surface area contributed by atoms with Crippen LogP contribution in [0.1, 0.15) is 9.67 Å². The Morgan fingerprint density at radius 2 is 1.74 bits per heavy atom. The maximum atomic E-state index is 12.7. The Labute approximate surface area is 182 Å². The molecule has 0 aliphatic rings. The predicted octanol–water partition coefficient (Wildman–Crippen LogP) is 7.89. The van der Waals surface area contributed by atoms with E-state index in [2.05, 4.69) is 10.3 Å². The fraction of sp³-hybridized carbons (Fsp3) is 0. The van der Waals surface area contributed by atoms with Gasteiger partial charge in [-0.15, -0.1) is 22.7 Å². The third-order valence-electron chi connectivity index (χ3n) is 3.73. The second-order valence-corrected chi connectivity index (χ2v) is 9.07. The number of anilines is 1.